The van der Waals surface area contributed by atoms with Gasteiger partial charge in [0, 0.05) is 38.4 Å². The first-order valence-electron chi connectivity index (χ1n) is 13.1. The Labute approximate surface area is 238 Å². The van der Waals surface area contributed by atoms with Gasteiger partial charge in [-0.15, -0.1) is 11.6 Å². The minimum absolute atomic E-state index is 0.0336. The topological polar surface area (TPSA) is 132 Å². The number of methoxy groups -OCH3 is 1. The number of carboxylic acid groups (broad SMARTS) is 1. The first-order chi connectivity index (χ1) is 19.1. The predicted octanol–water partition coefficient (Wildman–Crippen LogP) is 2.63. The Hall–Kier alpha value is -3.83. The Morgan fingerprint density at radius 2 is 1.73 bits per heavy atom. The van der Waals surface area contributed by atoms with Crippen molar-refractivity contribution in [2.45, 2.75) is 31.2 Å². The van der Waals surface area contributed by atoms with Gasteiger partial charge >= 0.3 is 12.0 Å². The number of likely N-dealkylation sites (tertiary alicyclic amines) is 1. The van der Waals surface area contributed by atoms with E-state index in [9.17, 15) is 19.2 Å². The van der Waals surface area contributed by atoms with E-state index in [4.69, 9.17) is 21.4 Å². The van der Waals surface area contributed by atoms with Crippen molar-refractivity contribution < 1.29 is 29.0 Å². The maximum absolute atomic E-state index is 13.3. The van der Waals surface area contributed by atoms with Crippen LogP contribution in [0.4, 0.5) is 16.2 Å². The average Bonchev–Trinajstić information content (AvgIpc) is 3.32. The second-order valence-electron chi connectivity index (χ2n) is 10.00. The molecular weight excluding hydrogens is 538 g/mol. The van der Waals surface area contributed by atoms with Crippen LogP contribution in [0.5, 0.6) is 5.75 Å². The van der Waals surface area contributed by atoms with Crippen molar-refractivity contribution in [3.05, 3.63) is 53.6 Å². The summed E-state index contributed by atoms with van der Waals surface area (Å²) in [6, 6.07) is 11.4. The number of anilines is 2. The van der Waals surface area contributed by atoms with Gasteiger partial charge in [-0.3, -0.25) is 19.3 Å². The lowest BCUT2D eigenvalue weighted by atomic mass is 10.1. The number of nitrogens with zero attached hydrogens (tertiary/aromatic N) is 3. The van der Waals surface area contributed by atoms with Gasteiger partial charge in [-0.1, -0.05) is 24.3 Å². The van der Waals surface area contributed by atoms with Gasteiger partial charge in [0.25, 0.3) is 0 Å². The summed E-state index contributed by atoms with van der Waals surface area (Å²) in [6.07, 6.45) is 0.398. The lowest BCUT2D eigenvalue weighted by molar-refractivity contribution is -0.145. The van der Waals surface area contributed by atoms with Crippen molar-refractivity contribution in [3.8, 4) is 5.75 Å². The van der Waals surface area contributed by atoms with E-state index in [1.165, 1.54) is 12.0 Å². The second kappa shape index (κ2) is 13.0. The van der Waals surface area contributed by atoms with Crippen molar-refractivity contribution in [3.63, 3.8) is 0 Å². The largest absolute Gasteiger partial charge is 0.495 e. The molecule has 2 atom stereocenters. The SMILES string of the molecule is COc1cc(CC(=O)N2C[C@@H](Cl)C[C@H]2C(=O)N2CCN(CC(=O)O)CC2)ccc1NC(=O)Nc1ccccc1C. The molecule has 2 fully saturated rings. The zero-order valence-electron chi connectivity index (χ0n) is 22.6. The van der Waals surface area contributed by atoms with Gasteiger partial charge in [0.1, 0.15) is 11.8 Å². The zero-order chi connectivity index (χ0) is 28.8. The highest BCUT2D eigenvalue weighted by Crippen LogP contribution is 2.29. The van der Waals surface area contributed by atoms with Crippen molar-refractivity contribution in [2.24, 2.45) is 0 Å². The fraction of sp³-hybridized carbons (Fsp3) is 0.429. The van der Waals surface area contributed by atoms with Crippen molar-refractivity contribution in [1.29, 1.82) is 0 Å². The number of amides is 4. The van der Waals surface area contributed by atoms with E-state index in [1.54, 1.807) is 28.0 Å². The van der Waals surface area contributed by atoms with E-state index in [1.807, 2.05) is 31.2 Å². The number of hydrogen-bond acceptors (Lipinski definition) is 6. The smallest absolute Gasteiger partial charge is 0.323 e. The summed E-state index contributed by atoms with van der Waals surface area (Å²) in [6.45, 7) is 3.84. The third-order valence-electron chi connectivity index (χ3n) is 7.16. The Morgan fingerprint density at radius 1 is 1.02 bits per heavy atom. The number of carbonyl (C=O) groups is 4. The average molecular weight is 572 g/mol. The van der Waals surface area contributed by atoms with Gasteiger partial charge in [0.15, 0.2) is 0 Å². The number of rotatable bonds is 8. The van der Waals surface area contributed by atoms with Crippen LogP contribution in [0, 0.1) is 6.92 Å². The van der Waals surface area contributed by atoms with Gasteiger partial charge in [0.2, 0.25) is 11.8 Å². The minimum Gasteiger partial charge on any atom is -0.495 e. The van der Waals surface area contributed by atoms with Gasteiger partial charge < -0.3 is 30.3 Å². The molecule has 2 aliphatic rings. The number of hydrogen-bond donors (Lipinski definition) is 3. The molecule has 4 amide bonds. The summed E-state index contributed by atoms with van der Waals surface area (Å²) in [7, 11) is 1.48. The van der Waals surface area contributed by atoms with E-state index in [0.717, 1.165) is 5.56 Å². The number of alkyl halides is 1. The second-order valence-corrected chi connectivity index (χ2v) is 10.6. The van der Waals surface area contributed by atoms with E-state index in [-0.39, 0.29) is 36.7 Å². The predicted molar refractivity (Wildman–Crippen MR) is 151 cm³/mol. The lowest BCUT2D eigenvalue weighted by Gasteiger charge is -2.36. The van der Waals surface area contributed by atoms with E-state index in [0.29, 0.717) is 55.3 Å². The molecule has 2 saturated heterocycles. The molecule has 4 rings (SSSR count). The van der Waals surface area contributed by atoms with Crippen LogP contribution in [-0.2, 0) is 20.8 Å². The van der Waals surface area contributed by atoms with E-state index in [2.05, 4.69) is 10.6 Å². The third-order valence-corrected chi connectivity index (χ3v) is 7.48. The monoisotopic (exact) mass is 571 g/mol. The highest BCUT2D eigenvalue weighted by atomic mass is 35.5. The molecule has 0 spiro atoms. The number of aliphatic carboxylic acids is 1. The number of ether oxygens (including phenoxy) is 1. The molecule has 2 heterocycles. The van der Waals surface area contributed by atoms with Crippen molar-refractivity contribution in [2.75, 3.05) is 57.0 Å². The molecule has 40 heavy (non-hydrogen) atoms. The highest BCUT2D eigenvalue weighted by Gasteiger charge is 2.41. The number of para-hydroxylation sites is 1. The summed E-state index contributed by atoms with van der Waals surface area (Å²) in [5.74, 6) is -0.897. The number of carboxylic acids is 1. The molecule has 214 valence electrons. The fourth-order valence-corrected chi connectivity index (χ4v) is 5.35. The number of benzene rings is 2. The highest BCUT2D eigenvalue weighted by molar-refractivity contribution is 6.21. The van der Waals surface area contributed by atoms with Crippen LogP contribution < -0.4 is 15.4 Å². The molecule has 0 aliphatic carbocycles. The molecule has 0 radical (unpaired) electrons. The van der Waals surface area contributed by atoms with Gasteiger partial charge in [-0.05, 0) is 42.7 Å². The summed E-state index contributed by atoms with van der Waals surface area (Å²) in [4.78, 5) is 55.2. The number of nitrogens with one attached hydrogen (secondary N) is 2. The summed E-state index contributed by atoms with van der Waals surface area (Å²) < 4.78 is 5.47. The number of aryl methyl sites for hydroxylation is 1. The van der Waals surface area contributed by atoms with Gasteiger partial charge in [0.05, 0.1) is 31.1 Å². The molecule has 2 aromatic rings. The lowest BCUT2D eigenvalue weighted by Crippen LogP contribution is -2.55. The summed E-state index contributed by atoms with van der Waals surface area (Å²) in [5.41, 5.74) is 2.73. The molecule has 0 bridgehead atoms. The maximum Gasteiger partial charge on any atom is 0.323 e. The van der Waals surface area contributed by atoms with Crippen molar-refractivity contribution in [1.82, 2.24) is 14.7 Å². The van der Waals surface area contributed by atoms with Gasteiger partial charge in [-0.2, -0.15) is 0 Å². The Kier molecular flexibility index (Phi) is 9.49. The Morgan fingerprint density at radius 3 is 2.40 bits per heavy atom. The molecule has 2 aromatic carbocycles. The van der Waals surface area contributed by atoms with E-state index < -0.39 is 18.0 Å². The number of carbonyl (C=O) groups excluding carboxylic acids is 3. The zero-order valence-corrected chi connectivity index (χ0v) is 23.3. The molecule has 2 aliphatic heterocycles. The molecule has 0 unspecified atom stereocenters. The molecule has 11 nitrogen and oxygen atoms in total. The van der Waals surface area contributed by atoms with Crippen LogP contribution in [-0.4, -0.2) is 101 Å². The van der Waals surface area contributed by atoms with E-state index >= 15 is 0 Å². The van der Waals surface area contributed by atoms with Crippen LogP contribution >= 0.6 is 11.6 Å². The quantitative estimate of drug-likeness (QED) is 0.415. The molecule has 12 heteroatoms. The first kappa shape index (κ1) is 29.2. The number of urea groups is 1. The standard InChI is InChI=1S/C28H34ClN5O6/c1-18-5-3-4-6-21(18)30-28(39)31-22-8-7-19(13-24(22)40-2)14-25(35)34-16-20(29)15-23(34)27(38)33-11-9-32(10-12-33)17-26(36)37/h3-8,13,20,23H,9-12,14-17H2,1-2H3,(H,36,37)(H2,30,31,39)/t20-,23-/m0/s1. The summed E-state index contributed by atoms with van der Waals surface area (Å²) in [5, 5.41) is 14.2. The minimum atomic E-state index is -0.900. The Balaban J connectivity index is 1.38. The van der Waals surface area contributed by atoms with Crippen LogP contribution in [0.15, 0.2) is 42.5 Å². The van der Waals surface area contributed by atoms with Crippen LogP contribution in [0.1, 0.15) is 17.5 Å². The van der Waals surface area contributed by atoms with Gasteiger partial charge in [-0.25, -0.2) is 4.79 Å². The third kappa shape index (κ3) is 7.22. The van der Waals surface area contributed by atoms with Crippen LogP contribution in [0.25, 0.3) is 0 Å². The van der Waals surface area contributed by atoms with Crippen LogP contribution in [0.3, 0.4) is 0 Å². The van der Waals surface area contributed by atoms with Crippen molar-refractivity contribution >= 4 is 46.8 Å². The molecule has 0 saturated carbocycles. The fourth-order valence-electron chi connectivity index (χ4n) is 5.04. The Bertz CT molecular complexity index is 1270. The molecular formula is C28H34ClN5O6. The normalized spacial score (nSPS) is 19.3. The number of halogens is 1. The molecule has 3 N–H and O–H groups in total. The first-order valence-corrected chi connectivity index (χ1v) is 13.5. The van der Waals surface area contributed by atoms with Crippen LogP contribution in [0.2, 0.25) is 0 Å². The number of piperazine rings is 1. The maximum atomic E-state index is 13.3. The molecule has 0 aromatic heterocycles. The summed E-state index contributed by atoms with van der Waals surface area (Å²) >= 11 is 6.39.